The lowest BCUT2D eigenvalue weighted by atomic mass is 9.89. The molecule has 110 valence electrons. The maximum atomic E-state index is 12.0. The van der Waals surface area contributed by atoms with Crippen LogP contribution in [0.5, 0.6) is 0 Å². The average Bonchev–Trinajstić information content (AvgIpc) is 3.03. The Morgan fingerprint density at radius 3 is 2.90 bits per heavy atom. The molecule has 2 aromatic rings. The van der Waals surface area contributed by atoms with Crippen molar-refractivity contribution in [3.05, 3.63) is 30.4 Å². The lowest BCUT2D eigenvalue weighted by molar-refractivity contribution is -0.126. The molecule has 1 fully saturated rings. The first-order valence-electron chi connectivity index (χ1n) is 7.33. The van der Waals surface area contributed by atoms with Crippen LogP contribution in [0.4, 0.5) is 0 Å². The summed E-state index contributed by atoms with van der Waals surface area (Å²) < 4.78 is 5.53. The van der Waals surface area contributed by atoms with Crippen LogP contribution in [0.15, 0.2) is 28.9 Å². The summed E-state index contributed by atoms with van der Waals surface area (Å²) in [6.45, 7) is 0.280. The summed E-state index contributed by atoms with van der Waals surface area (Å²) in [5.74, 6) is 1.07. The normalized spacial score (nSPS) is 15.8. The fraction of sp³-hybridized carbons (Fsp3) is 0.467. The monoisotopic (exact) mass is 286 g/mol. The van der Waals surface area contributed by atoms with Gasteiger partial charge in [0.1, 0.15) is 0 Å². The summed E-state index contributed by atoms with van der Waals surface area (Å²) in [6.07, 6.45) is 8.84. The molecule has 6 heteroatoms. The third kappa shape index (κ3) is 3.45. The molecule has 1 aliphatic rings. The van der Waals surface area contributed by atoms with Gasteiger partial charge in [-0.25, -0.2) is 0 Å². The van der Waals surface area contributed by atoms with Crippen molar-refractivity contribution in [1.29, 1.82) is 0 Å². The number of nitrogens with zero attached hydrogens (tertiary/aromatic N) is 3. The first kappa shape index (κ1) is 13.7. The van der Waals surface area contributed by atoms with Gasteiger partial charge in [0.25, 0.3) is 0 Å². The summed E-state index contributed by atoms with van der Waals surface area (Å²) in [4.78, 5) is 16.0. The largest absolute Gasteiger partial charge is 0.419 e. The molecule has 21 heavy (non-hydrogen) atoms. The van der Waals surface area contributed by atoms with Gasteiger partial charge in [0, 0.05) is 18.3 Å². The maximum Gasteiger partial charge on any atom is 0.249 e. The van der Waals surface area contributed by atoms with Gasteiger partial charge in [-0.05, 0) is 25.0 Å². The van der Waals surface area contributed by atoms with Crippen molar-refractivity contribution < 1.29 is 9.21 Å². The summed E-state index contributed by atoms with van der Waals surface area (Å²) in [6, 6.07) is 3.66. The lowest BCUT2D eigenvalue weighted by Gasteiger charge is -2.20. The van der Waals surface area contributed by atoms with Crippen LogP contribution in [0.3, 0.4) is 0 Å². The number of pyridine rings is 1. The minimum atomic E-state index is 0.0934. The van der Waals surface area contributed by atoms with Gasteiger partial charge in [-0.1, -0.05) is 19.3 Å². The van der Waals surface area contributed by atoms with Crippen LogP contribution in [-0.2, 0) is 11.3 Å². The molecule has 2 heterocycles. The summed E-state index contributed by atoms with van der Waals surface area (Å²) >= 11 is 0. The lowest BCUT2D eigenvalue weighted by Crippen LogP contribution is -2.31. The highest BCUT2D eigenvalue weighted by Gasteiger charge is 2.21. The number of aromatic nitrogens is 3. The van der Waals surface area contributed by atoms with Gasteiger partial charge in [0.05, 0.1) is 12.1 Å². The van der Waals surface area contributed by atoms with E-state index in [1.807, 2.05) is 12.1 Å². The molecular weight excluding hydrogens is 268 g/mol. The highest BCUT2D eigenvalue weighted by atomic mass is 16.4. The van der Waals surface area contributed by atoms with Gasteiger partial charge in [-0.3, -0.25) is 9.78 Å². The molecule has 0 bridgehead atoms. The Kier molecular flexibility index (Phi) is 4.23. The van der Waals surface area contributed by atoms with E-state index < -0.39 is 0 Å². The van der Waals surface area contributed by atoms with Crippen molar-refractivity contribution in [3.8, 4) is 11.5 Å². The number of carbonyl (C=O) groups is 1. The van der Waals surface area contributed by atoms with E-state index in [0.717, 1.165) is 31.2 Å². The summed E-state index contributed by atoms with van der Waals surface area (Å²) in [5, 5.41) is 10.8. The molecule has 1 aliphatic carbocycles. The maximum absolute atomic E-state index is 12.0. The molecule has 0 saturated heterocycles. The Hall–Kier alpha value is -2.24. The van der Waals surface area contributed by atoms with Gasteiger partial charge < -0.3 is 9.73 Å². The Morgan fingerprint density at radius 2 is 2.14 bits per heavy atom. The van der Waals surface area contributed by atoms with E-state index >= 15 is 0 Å². The third-order valence-electron chi connectivity index (χ3n) is 3.77. The molecule has 6 nitrogen and oxygen atoms in total. The zero-order valence-electron chi connectivity index (χ0n) is 11.8. The van der Waals surface area contributed by atoms with Crippen molar-refractivity contribution in [2.24, 2.45) is 5.92 Å². The molecule has 0 spiro atoms. The van der Waals surface area contributed by atoms with Crippen molar-refractivity contribution in [2.45, 2.75) is 38.6 Å². The number of hydrogen-bond acceptors (Lipinski definition) is 5. The predicted octanol–water partition coefficient (Wildman–Crippen LogP) is 2.33. The van der Waals surface area contributed by atoms with Crippen LogP contribution < -0.4 is 5.32 Å². The number of rotatable bonds is 4. The van der Waals surface area contributed by atoms with Crippen molar-refractivity contribution in [3.63, 3.8) is 0 Å². The van der Waals surface area contributed by atoms with E-state index in [1.165, 1.54) is 6.42 Å². The number of amides is 1. The Bertz CT molecular complexity index is 591. The minimum absolute atomic E-state index is 0.0934. The van der Waals surface area contributed by atoms with Gasteiger partial charge >= 0.3 is 0 Å². The minimum Gasteiger partial charge on any atom is -0.419 e. The first-order chi connectivity index (χ1) is 10.3. The summed E-state index contributed by atoms with van der Waals surface area (Å²) in [7, 11) is 0. The standard InChI is InChI=1S/C15H18N4O2/c20-14(11-5-2-1-3-6-11)17-10-13-18-19-15(21-13)12-7-4-8-16-9-12/h4,7-9,11H,1-3,5-6,10H2,(H,17,20). The molecule has 0 radical (unpaired) electrons. The van der Waals surface area contributed by atoms with E-state index in [1.54, 1.807) is 12.4 Å². The Balaban J connectivity index is 1.56. The van der Waals surface area contributed by atoms with E-state index in [2.05, 4.69) is 20.5 Å². The topological polar surface area (TPSA) is 80.9 Å². The Morgan fingerprint density at radius 1 is 1.29 bits per heavy atom. The molecule has 2 aromatic heterocycles. The molecular formula is C15H18N4O2. The average molecular weight is 286 g/mol. The van der Waals surface area contributed by atoms with E-state index in [4.69, 9.17) is 4.42 Å². The second kappa shape index (κ2) is 6.47. The van der Waals surface area contributed by atoms with E-state index in [-0.39, 0.29) is 18.4 Å². The molecule has 1 N–H and O–H groups in total. The smallest absolute Gasteiger partial charge is 0.249 e. The number of nitrogens with one attached hydrogen (secondary N) is 1. The predicted molar refractivity (Wildman–Crippen MR) is 76.0 cm³/mol. The second-order valence-corrected chi connectivity index (χ2v) is 5.30. The third-order valence-corrected chi connectivity index (χ3v) is 3.77. The van der Waals surface area contributed by atoms with E-state index in [9.17, 15) is 4.79 Å². The van der Waals surface area contributed by atoms with Crippen molar-refractivity contribution >= 4 is 5.91 Å². The molecule has 0 atom stereocenters. The van der Waals surface area contributed by atoms with Crippen molar-refractivity contribution in [2.75, 3.05) is 0 Å². The zero-order valence-corrected chi connectivity index (χ0v) is 11.8. The fourth-order valence-electron chi connectivity index (χ4n) is 2.60. The Labute approximate surface area is 123 Å². The SMILES string of the molecule is O=C(NCc1nnc(-c2cccnc2)o1)C1CCCCC1. The van der Waals surface area contributed by atoms with Crippen LogP contribution >= 0.6 is 0 Å². The van der Waals surface area contributed by atoms with Crippen molar-refractivity contribution in [1.82, 2.24) is 20.5 Å². The van der Waals surface area contributed by atoms with Gasteiger partial charge in [-0.2, -0.15) is 0 Å². The van der Waals surface area contributed by atoms with Gasteiger partial charge in [0.2, 0.25) is 17.7 Å². The molecule has 1 saturated carbocycles. The molecule has 0 unspecified atom stereocenters. The van der Waals surface area contributed by atoms with Gasteiger partial charge in [0.15, 0.2) is 0 Å². The van der Waals surface area contributed by atoms with Gasteiger partial charge in [-0.15, -0.1) is 10.2 Å². The number of carbonyl (C=O) groups excluding carboxylic acids is 1. The molecule has 0 aliphatic heterocycles. The quantitative estimate of drug-likeness (QED) is 0.933. The van der Waals surface area contributed by atoms with Crippen LogP contribution in [0.25, 0.3) is 11.5 Å². The molecule has 3 rings (SSSR count). The van der Waals surface area contributed by atoms with Crippen LogP contribution in [0, 0.1) is 5.92 Å². The van der Waals surface area contributed by atoms with Crippen LogP contribution in [-0.4, -0.2) is 21.1 Å². The second-order valence-electron chi connectivity index (χ2n) is 5.30. The highest BCUT2D eigenvalue weighted by Crippen LogP contribution is 2.23. The van der Waals surface area contributed by atoms with E-state index in [0.29, 0.717) is 11.8 Å². The summed E-state index contributed by atoms with van der Waals surface area (Å²) in [5.41, 5.74) is 0.773. The highest BCUT2D eigenvalue weighted by molar-refractivity contribution is 5.78. The number of hydrogen-bond donors (Lipinski definition) is 1. The first-order valence-corrected chi connectivity index (χ1v) is 7.33. The van der Waals surface area contributed by atoms with Crippen LogP contribution in [0.1, 0.15) is 38.0 Å². The fourth-order valence-corrected chi connectivity index (χ4v) is 2.60. The molecule has 1 amide bonds. The van der Waals surface area contributed by atoms with Crippen LogP contribution in [0.2, 0.25) is 0 Å². The molecule has 0 aromatic carbocycles. The zero-order chi connectivity index (χ0) is 14.5.